The van der Waals surface area contributed by atoms with Gasteiger partial charge in [0.1, 0.15) is 11.6 Å². The average Bonchev–Trinajstić information content (AvgIpc) is 3.34. The molecule has 4 aromatic rings. The van der Waals surface area contributed by atoms with Gasteiger partial charge >= 0.3 is 0 Å². The van der Waals surface area contributed by atoms with Gasteiger partial charge in [-0.05, 0) is 72.9 Å². The van der Waals surface area contributed by atoms with Crippen LogP contribution in [0.25, 0.3) is 11.3 Å². The molecule has 0 bridgehead atoms. The van der Waals surface area contributed by atoms with Gasteiger partial charge in [-0.25, -0.2) is 13.8 Å². The molecule has 5 rings (SSSR count). The Balaban J connectivity index is 1.57. The Labute approximate surface area is 225 Å². The molecule has 0 radical (unpaired) electrons. The summed E-state index contributed by atoms with van der Waals surface area (Å²) in [4.78, 5) is 32.5. The molecular weight excluding hydrogens is 498 g/mol. The summed E-state index contributed by atoms with van der Waals surface area (Å²) in [6.07, 6.45) is 2.85. The summed E-state index contributed by atoms with van der Waals surface area (Å²) in [5.74, 6) is -1.37. The van der Waals surface area contributed by atoms with Gasteiger partial charge in [-0.1, -0.05) is 38.1 Å². The molecule has 200 valence electrons. The minimum absolute atomic E-state index is 0.0616. The topological polar surface area (TPSA) is 67.2 Å². The molecule has 0 aliphatic carbocycles. The molecule has 1 atom stereocenters. The summed E-state index contributed by atoms with van der Waals surface area (Å²) in [6, 6.07) is 16.9. The molecule has 1 N–H and O–H groups in total. The Bertz CT molecular complexity index is 1610. The van der Waals surface area contributed by atoms with Crippen LogP contribution >= 0.6 is 0 Å². The monoisotopic (exact) mass is 528 g/mol. The lowest BCUT2D eigenvalue weighted by Gasteiger charge is -2.21. The van der Waals surface area contributed by atoms with Crippen LogP contribution in [0.3, 0.4) is 0 Å². The van der Waals surface area contributed by atoms with Crippen molar-refractivity contribution in [1.29, 1.82) is 0 Å². The fourth-order valence-electron chi connectivity index (χ4n) is 4.93. The van der Waals surface area contributed by atoms with Crippen LogP contribution in [-0.2, 0) is 17.8 Å². The summed E-state index contributed by atoms with van der Waals surface area (Å²) < 4.78 is 30.2. The Kier molecular flexibility index (Phi) is 7.28. The number of nitrogens with zero attached hydrogens (tertiary/aromatic N) is 3. The van der Waals surface area contributed by atoms with Crippen molar-refractivity contribution < 1.29 is 13.6 Å². The molecule has 0 saturated heterocycles. The summed E-state index contributed by atoms with van der Waals surface area (Å²) in [5, 5.41) is 2.67. The summed E-state index contributed by atoms with van der Waals surface area (Å²) in [5.41, 5.74) is 4.76. The Morgan fingerprint density at radius 2 is 1.87 bits per heavy atom. The second-order valence-electron chi connectivity index (χ2n) is 9.99. The van der Waals surface area contributed by atoms with Gasteiger partial charge in [0.05, 0.1) is 18.4 Å². The van der Waals surface area contributed by atoms with Crippen molar-refractivity contribution in [3.63, 3.8) is 0 Å². The summed E-state index contributed by atoms with van der Waals surface area (Å²) in [7, 11) is 0. The lowest BCUT2D eigenvalue weighted by molar-refractivity contribution is -0.119. The molecule has 0 unspecified atom stereocenters. The van der Waals surface area contributed by atoms with E-state index in [1.165, 1.54) is 28.8 Å². The number of fused-ring (bicyclic) bond motifs is 1. The van der Waals surface area contributed by atoms with E-state index in [-0.39, 0.29) is 30.0 Å². The van der Waals surface area contributed by atoms with E-state index >= 15 is 0 Å². The first kappa shape index (κ1) is 26.3. The van der Waals surface area contributed by atoms with Crippen molar-refractivity contribution in [3.8, 4) is 11.3 Å². The maximum Gasteiger partial charge on any atom is 0.294 e. The number of aromatic nitrogens is 2. The Morgan fingerprint density at radius 1 is 1.08 bits per heavy atom. The lowest BCUT2D eigenvalue weighted by Crippen LogP contribution is -2.30. The minimum atomic E-state index is -0.472. The Hall–Kier alpha value is -4.33. The number of carbonyl (C=O) groups is 1. The van der Waals surface area contributed by atoms with Gasteiger partial charge in [0, 0.05) is 29.4 Å². The first-order valence-electron chi connectivity index (χ1n) is 13.1. The fraction of sp³-hybridized carbons (Fsp3) is 0.258. The fourth-order valence-corrected chi connectivity index (χ4v) is 4.93. The number of aryl methyl sites for hydroxylation is 1. The third kappa shape index (κ3) is 5.32. The van der Waals surface area contributed by atoms with Crippen LogP contribution < -0.4 is 15.8 Å². The molecule has 0 saturated carbocycles. The molecule has 8 heteroatoms. The normalized spacial score (nSPS) is 13.3. The summed E-state index contributed by atoms with van der Waals surface area (Å²) in [6.45, 7) is 6.28. The maximum atomic E-state index is 14.9. The molecular formula is C31H30F2N4O2. The van der Waals surface area contributed by atoms with E-state index in [4.69, 9.17) is 0 Å². The second kappa shape index (κ2) is 10.8. The molecule has 1 amide bonds. The van der Waals surface area contributed by atoms with Crippen LogP contribution in [0.5, 0.6) is 0 Å². The van der Waals surface area contributed by atoms with Crippen molar-refractivity contribution in [2.45, 2.75) is 40.2 Å². The number of nitrogens with one attached hydrogen (secondary N) is 1. The predicted molar refractivity (Wildman–Crippen MR) is 149 cm³/mol. The highest BCUT2D eigenvalue weighted by Gasteiger charge is 2.23. The van der Waals surface area contributed by atoms with E-state index < -0.39 is 11.4 Å². The van der Waals surface area contributed by atoms with Crippen LogP contribution in [0.15, 0.2) is 71.7 Å². The van der Waals surface area contributed by atoms with Crippen molar-refractivity contribution in [3.05, 3.63) is 106 Å². The highest BCUT2D eigenvalue weighted by Crippen LogP contribution is 2.36. The molecule has 1 aliphatic rings. The molecule has 1 aromatic heterocycles. The van der Waals surface area contributed by atoms with E-state index in [1.54, 1.807) is 19.2 Å². The van der Waals surface area contributed by atoms with Gasteiger partial charge in [-0.15, -0.1) is 0 Å². The van der Waals surface area contributed by atoms with Gasteiger partial charge in [0.2, 0.25) is 5.91 Å². The molecule has 1 aliphatic heterocycles. The SMILES string of the molecule is CC[C@@H](C)C(=O)Nc1ncc(-c2ccccc2C)n(Cc2cc(F)cc(N3CCc4cc(F)ccc43)c2)c1=O. The standard InChI is InChI=1S/C31H30F2N4O2/c1-4-19(2)30(38)35-29-31(39)37(28(17-34-29)26-8-6-5-7-20(26)3)18-21-13-24(33)16-25(14-21)36-12-11-22-15-23(32)9-10-27(22)36/h5-10,13-17,19H,4,11-12,18H2,1-3H3,(H,34,35,38)/t19-/m1/s1. The zero-order valence-electron chi connectivity index (χ0n) is 22.2. The third-order valence-electron chi connectivity index (χ3n) is 7.31. The highest BCUT2D eigenvalue weighted by atomic mass is 19.1. The molecule has 6 nitrogen and oxygen atoms in total. The molecule has 2 heterocycles. The molecule has 0 spiro atoms. The quantitative estimate of drug-likeness (QED) is 0.309. The third-order valence-corrected chi connectivity index (χ3v) is 7.31. The van der Waals surface area contributed by atoms with Crippen molar-refractivity contribution in [1.82, 2.24) is 9.55 Å². The van der Waals surface area contributed by atoms with Gasteiger partial charge in [-0.3, -0.25) is 14.2 Å². The van der Waals surface area contributed by atoms with Gasteiger partial charge < -0.3 is 10.2 Å². The number of rotatable bonds is 7. The number of anilines is 3. The first-order valence-corrected chi connectivity index (χ1v) is 13.1. The smallest absolute Gasteiger partial charge is 0.294 e. The first-order chi connectivity index (χ1) is 18.7. The van der Waals surface area contributed by atoms with E-state index in [0.29, 0.717) is 36.3 Å². The van der Waals surface area contributed by atoms with E-state index in [1.807, 2.05) is 49.1 Å². The zero-order valence-corrected chi connectivity index (χ0v) is 22.2. The van der Waals surface area contributed by atoms with Crippen LogP contribution in [-0.4, -0.2) is 22.0 Å². The minimum Gasteiger partial charge on any atom is -0.341 e. The average molecular weight is 529 g/mol. The van der Waals surface area contributed by atoms with Crippen LogP contribution in [0.2, 0.25) is 0 Å². The molecule has 39 heavy (non-hydrogen) atoms. The zero-order chi connectivity index (χ0) is 27.7. The number of amides is 1. The summed E-state index contributed by atoms with van der Waals surface area (Å²) >= 11 is 0. The maximum absolute atomic E-state index is 14.9. The number of hydrogen-bond donors (Lipinski definition) is 1. The van der Waals surface area contributed by atoms with Gasteiger partial charge in [-0.2, -0.15) is 0 Å². The van der Waals surface area contributed by atoms with Gasteiger partial charge in [0.15, 0.2) is 5.82 Å². The Morgan fingerprint density at radius 3 is 2.64 bits per heavy atom. The van der Waals surface area contributed by atoms with Crippen LogP contribution in [0, 0.1) is 24.5 Å². The highest BCUT2D eigenvalue weighted by molar-refractivity contribution is 5.91. The van der Waals surface area contributed by atoms with E-state index in [2.05, 4.69) is 10.3 Å². The molecule has 0 fully saturated rings. The number of hydrogen-bond acceptors (Lipinski definition) is 4. The van der Waals surface area contributed by atoms with E-state index in [0.717, 1.165) is 22.4 Å². The van der Waals surface area contributed by atoms with E-state index in [9.17, 15) is 18.4 Å². The second-order valence-corrected chi connectivity index (χ2v) is 9.99. The van der Waals surface area contributed by atoms with Crippen molar-refractivity contribution >= 4 is 23.1 Å². The number of carbonyl (C=O) groups excluding carboxylic acids is 1. The number of halogens is 2. The largest absolute Gasteiger partial charge is 0.341 e. The predicted octanol–water partition coefficient (Wildman–Crippen LogP) is 6.22. The van der Waals surface area contributed by atoms with Crippen LogP contribution in [0.4, 0.5) is 26.0 Å². The van der Waals surface area contributed by atoms with Crippen molar-refractivity contribution in [2.24, 2.45) is 5.92 Å². The number of benzene rings is 3. The lowest BCUT2D eigenvalue weighted by atomic mass is 10.1. The van der Waals surface area contributed by atoms with Gasteiger partial charge in [0.25, 0.3) is 5.56 Å². The van der Waals surface area contributed by atoms with Crippen molar-refractivity contribution in [2.75, 3.05) is 16.8 Å². The molecule has 3 aromatic carbocycles. The van der Waals surface area contributed by atoms with Crippen LogP contribution in [0.1, 0.15) is 37.0 Å².